The maximum atomic E-state index is 12.7. The average molecular weight is 200 g/mol. The third-order valence-corrected chi connectivity index (χ3v) is 1.80. The molecule has 78 valence electrons. The molecule has 1 aromatic rings. The van der Waals surface area contributed by atoms with Crippen LogP contribution in [-0.4, -0.2) is 20.1 Å². The molecule has 0 spiro atoms. The second-order valence-electron chi connectivity index (χ2n) is 3.06. The fourth-order valence-corrected chi connectivity index (χ4v) is 1.16. The molecule has 14 heavy (non-hydrogen) atoms. The molecule has 1 rings (SSSR count). The summed E-state index contributed by atoms with van der Waals surface area (Å²) in [6, 6.07) is 3.53. The molecule has 0 aromatic heterocycles. The Balaban J connectivity index is 2.42. The Kier molecular flexibility index (Phi) is 4.49. The highest BCUT2D eigenvalue weighted by molar-refractivity contribution is 5.17. The van der Waals surface area contributed by atoms with Gasteiger partial charge in [0, 0.05) is 25.7 Å². The van der Waals surface area contributed by atoms with Crippen molar-refractivity contribution in [1.29, 1.82) is 0 Å². The van der Waals surface area contributed by atoms with E-state index in [-0.39, 0.29) is 0 Å². The predicted octanol–water partition coefficient (Wildman–Crippen LogP) is 1.27. The highest BCUT2D eigenvalue weighted by Crippen LogP contribution is 2.07. The molecule has 4 heteroatoms. The van der Waals surface area contributed by atoms with E-state index in [1.54, 1.807) is 0 Å². The molecule has 1 aromatic carbocycles. The van der Waals surface area contributed by atoms with Crippen LogP contribution < -0.4 is 10.6 Å². The van der Waals surface area contributed by atoms with Crippen molar-refractivity contribution >= 4 is 0 Å². The summed E-state index contributed by atoms with van der Waals surface area (Å²) in [4.78, 5) is 0. The zero-order valence-electron chi connectivity index (χ0n) is 8.11. The van der Waals surface area contributed by atoms with E-state index in [4.69, 9.17) is 0 Å². The fourth-order valence-electron chi connectivity index (χ4n) is 1.16. The van der Waals surface area contributed by atoms with Gasteiger partial charge in [-0.2, -0.15) is 0 Å². The smallest absolute Gasteiger partial charge is 0.126 e. The standard InChI is InChI=1S/C10H14F2N2/c1-13-2-3-14-7-8-4-9(11)6-10(12)5-8/h4-6,13-14H,2-3,7H2,1H3. The lowest BCUT2D eigenvalue weighted by atomic mass is 10.2. The van der Waals surface area contributed by atoms with Crippen LogP contribution >= 0.6 is 0 Å². The largest absolute Gasteiger partial charge is 0.318 e. The SMILES string of the molecule is CNCCNCc1cc(F)cc(F)c1. The lowest BCUT2D eigenvalue weighted by Gasteiger charge is -2.04. The summed E-state index contributed by atoms with van der Waals surface area (Å²) < 4.78 is 25.4. The molecular weight excluding hydrogens is 186 g/mol. The number of halogens is 2. The molecule has 0 aliphatic rings. The number of nitrogens with one attached hydrogen (secondary N) is 2. The van der Waals surface area contributed by atoms with Crippen LogP contribution in [0.1, 0.15) is 5.56 Å². The van der Waals surface area contributed by atoms with Crippen molar-refractivity contribution in [2.75, 3.05) is 20.1 Å². The van der Waals surface area contributed by atoms with Gasteiger partial charge in [-0.05, 0) is 24.7 Å². The second kappa shape index (κ2) is 5.67. The first-order valence-electron chi connectivity index (χ1n) is 4.52. The van der Waals surface area contributed by atoms with E-state index >= 15 is 0 Å². The van der Waals surface area contributed by atoms with E-state index in [0.717, 1.165) is 19.2 Å². The van der Waals surface area contributed by atoms with Crippen molar-refractivity contribution in [2.24, 2.45) is 0 Å². The van der Waals surface area contributed by atoms with Crippen LogP contribution in [0.5, 0.6) is 0 Å². The third-order valence-electron chi connectivity index (χ3n) is 1.80. The number of hydrogen-bond acceptors (Lipinski definition) is 2. The molecule has 0 saturated carbocycles. The van der Waals surface area contributed by atoms with Gasteiger partial charge in [-0.25, -0.2) is 8.78 Å². The quantitative estimate of drug-likeness (QED) is 0.699. The van der Waals surface area contributed by atoms with Gasteiger partial charge in [0.2, 0.25) is 0 Å². The van der Waals surface area contributed by atoms with Crippen molar-refractivity contribution in [3.63, 3.8) is 0 Å². The Morgan fingerprint density at radius 1 is 1.07 bits per heavy atom. The predicted molar refractivity (Wildman–Crippen MR) is 52.0 cm³/mol. The summed E-state index contributed by atoms with van der Waals surface area (Å²) in [5, 5.41) is 6.03. The molecule has 0 atom stereocenters. The van der Waals surface area contributed by atoms with E-state index < -0.39 is 11.6 Å². The fraction of sp³-hybridized carbons (Fsp3) is 0.400. The molecular formula is C10H14F2N2. The van der Waals surface area contributed by atoms with E-state index in [0.29, 0.717) is 12.1 Å². The maximum absolute atomic E-state index is 12.7. The minimum Gasteiger partial charge on any atom is -0.318 e. The molecule has 0 fully saturated rings. The lowest BCUT2D eigenvalue weighted by Crippen LogP contribution is -2.24. The van der Waals surface area contributed by atoms with Crippen LogP contribution in [0.2, 0.25) is 0 Å². The maximum Gasteiger partial charge on any atom is 0.126 e. The number of hydrogen-bond donors (Lipinski definition) is 2. The van der Waals surface area contributed by atoms with E-state index in [2.05, 4.69) is 10.6 Å². The lowest BCUT2D eigenvalue weighted by molar-refractivity contribution is 0.574. The Morgan fingerprint density at radius 3 is 2.29 bits per heavy atom. The molecule has 0 saturated heterocycles. The van der Waals surface area contributed by atoms with Crippen LogP contribution in [0.4, 0.5) is 8.78 Å². The third kappa shape index (κ3) is 3.81. The van der Waals surface area contributed by atoms with Crippen molar-refractivity contribution in [2.45, 2.75) is 6.54 Å². The summed E-state index contributed by atoms with van der Waals surface area (Å²) >= 11 is 0. The van der Waals surface area contributed by atoms with Crippen LogP contribution in [0.15, 0.2) is 18.2 Å². The van der Waals surface area contributed by atoms with Crippen LogP contribution in [-0.2, 0) is 6.54 Å². The zero-order chi connectivity index (χ0) is 10.4. The first-order chi connectivity index (χ1) is 6.72. The highest BCUT2D eigenvalue weighted by atomic mass is 19.1. The topological polar surface area (TPSA) is 24.1 Å². The molecule has 2 N–H and O–H groups in total. The van der Waals surface area contributed by atoms with Gasteiger partial charge in [0.1, 0.15) is 11.6 Å². The average Bonchev–Trinajstić information content (AvgIpc) is 2.11. The van der Waals surface area contributed by atoms with Gasteiger partial charge in [0.15, 0.2) is 0 Å². The Morgan fingerprint density at radius 2 is 1.71 bits per heavy atom. The first kappa shape index (κ1) is 11.1. The highest BCUT2D eigenvalue weighted by Gasteiger charge is 1.99. The Bertz CT molecular complexity index is 269. The molecule has 0 radical (unpaired) electrons. The van der Waals surface area contributed by atoms with Gasteiger partial charge in [-0.15, -0.1) is 0 Å². The number of rotatable bonds is 5. The summed E-state index contributed by atoms with van der Waals surface area (Å²) in [5.41, 5.74) is 0.624. The normalized spacial score (nSPS) is 10.5. The first-order valence-corrected chi connectivity index (χ1v) is 4.52. The monoisotopic (exact) mass is 200 g/mol. The summed E-state index contributed by atoms with van der Waals surface area (Å²) in [6.45, 7) is 2.09. The van der Waals surface area contributed by atoms with Crippen LogP contribution in [0.3, 0.4) is 0 Å². The van der Waals surface area contributed by atoms with Crippen molar-refractivity contribution in [3.05, 3.63) is 35.4 Å². The van der Waals surface area contributed by atoms with E-state index in [1.165, 1.54) is 12.1 Å². The Hall–Kier alpha value is -1.00. The van der Waals surface area contributed by atoms with Gasteiger partial charge in [0.25, 0.3) is 0 Å². The molecule has 0 aliphatic carbocycles. The number of likely N-dealkylation sites (N-methyl/N-ethyl adjacent to an activating group) is 1. The van der Waals surface area contributed by atoms with Gasteiger partial charge in [-0.1, -0.05) is 0 Å². The molecule has 0 aliphatic heterocycles. The van der Waals surface area contributed by atoms with E-state index in [1.807, 2.05) is 7.05 Å². The number of benzene rings is 1. The van der Waals surface area contributed by atoms with Crippen LogP contribution in [0.25, 0.3) is 0 Å². The van der Waals surface area contributed by atoms with Crippen molar-refractivity contribution in [1.82, 2.24) is 10.6 Å². The zero-order valence-corrected chi connectivity index (χ0v) is 8.11. The minimum atomic E-state index is -0.532. The molecule has 0 bridgehead atoms. The van der Waals surface area contributed by atoms with Crippen molar-refractivity contribution < 1.29 is 8.78 Å². The summed E-state index contributed by atoms with van der Waals surface area (Å²) in [6.07, 6.45) is 0. The van der Waals surface area contributed by atoms with Gasteiger partial charge < -0.3 is 10.6 Å². The van der Waals surface area contributed by atoms with Crippen LogP contribution in [0, 0.1) is 11.6 Å². The second-order valence-corrected chi connectivity index (χ2v) is 3.06. The van der Waals surface area contributed by atoms with Gasteiger partial charge in [-0.3, -0.25) is 0 Å². The molecule has 0 unspecified atom stereocenters. The molecule has 2 nitrogen and oxygen atoms in total. The Labute approximate surface area is 82.3 Å². The molecule has 0 heterocycles. The van der Waals surface area contributed by atoms with Gasteiger partial charge >= 0.3 is 0 Å². The summed E-state index contributed by atoms with van der Waals surface area (Å²) in [5.74, 6) is -1.06. The molecule has 0 amide bonds. The summed E-state index contributed by atoms with van der Waals surface area (Å²) in [7, 11) is 1.85. The van der Waals surface area contributed by atoms with Crippen molar-refractivity contribution in [3.8, 4) is 0 Å². The minimum absolute atomic E-state index is 0.483. The van der Waals surface area contributed by atoms with Gasteiger partial charge in [0.05, 0.1) is 0 Å². The van der Waals surface area contributed by atoms with E-state index in [9.17, 15) is 8.78 Å².